The second kappa shape index (κ2) is 11.0. The number of hydrogen-bond acceptors (Lipinski definition) is 7. The number of anilines is 1. The Kier molecular flexibility index (Phi) is 8.07. The van der Waals surface area contributed by atoms with Crippen LogP contribution in [-0.2, 0) is 6.54 Å². The Bertz CT molecular complexity index is 1340. The first-order valence-electron chi connectivity index (χ1n) is 10.5. The number of benzene rings is 1. The second-order valence-corrected chi connectivity index (χ2v) is 7.33. The molecule has 1 atom stereocenters. The molecule has 1 amide bonds. The molecule has 3 rings (SSSR count). The molecule has 0 aliphatic carbocycles. The van der Waals surface area contributed by atoms with Gasteiger partial charge in [0.1, 0.15) is 29.6 Å². The molecule has 0 saturated heterocycles. The van der Waals surface area contributed by atoms with Gasteiger partial charge in [0.15, 0.2) is 18.2 Å². The third-order valence-corrected chi connectivity index (χ3v) is 5.10. The molecule has 1 N–H and O–H groups in total. The highest BCUT2D eigenvalue weighted by atomic mass is 19.3. The molecule has 36 heavy (non-hydrogen) atoms. The standard InChI is InChI=1S/C22H21F4N5O5/c1-4-30-17(10-32)29-31(22(30)34)14-8-15(36-16(9-23)19(25)26)12(7-13(14)24)20(33)28-18-11(2)5-6-27-21(18)35-3/h5-8,10,16,19H,4,9H2,1-3H3,(H,28,33)/t16-/m0/s1. The molecule has 2 aromatic heterocycles. The number of carbonyl (C=O) groups is 2. The number of hydrogen-bond donors (Lipinski definition) is 1. The highest BCUT2D eigenvalue weighted by Gasteiger charge is 2.28. The fourth-order valence-electron chi connectivity index (χ4n) is 3.27. The zero-order chi connectivity index (χ0) is 26.6. The summed E-state index contributed by atoms with van der Waals surface area (Å²) in [5, 5.41) is 6.19. The first kappa shape index (κ1) is 26.4. The average Bonchev–Trinajstić information content (AvgIpc) is 3.18. The predicted octanol–water partition coefficient (Wildman–Crippen LogP) is 2.95. The number of ether oxygens (including phenoxy) is 2. The summed E-state index contributed by atoms with van der Waals surface area (Å²) in [5.41, 5.74) is -1.47. The number of pyridine rings is 1. The third-order valence-electron chi connectivity index (χ3n) is 5.10. The number of alkyl halides is 3. The third kappa shape index (κ3) is 5.06. The number of amides is 1. The van der Waals surface area contributed by atoms with Gasteiger partial charge in [0.2, 0.25) is 5.88 Å². The number of nitrogens with zero attached hydrogens (tertiary/aromatic N) is 4. The summed E-state index contributed by atoms with van der Waals surface area (Å²) >= 11 is 0. The lowest BCUT2D eigenvalue weighted by atomic mass is 10.1. The van der Waals surface area contributed by atoms with Crippen LogP contribution >= 0.6 is 0 Å². The predicted molar refractivity (Wildman–Crippen MR) is 119 cm³/mol. The first-order chi connectivity index (χ1) is 17.2. The maximum absolute atomic E-state index is 15.2. The summed E-state index contributed by atoms with van der Waals surface area (Å²) in [7, 11) is 1.30. The van der Waals surface area contributed by atoms with Crippen LogP contribution in [0.25, 0.3) is 5.69 Å². The van der Waals surface area contributed by atoms with Crippen molar-refractivity contribution in [1.82, 2.24) is 19.3 Å². The largest absolute Gasteiger partial charge is 0.481 e. The normalized spacial score (nSPS) is 11.9. The zero-order valence-corrected chi connectivity index (χ0v) is 19.3. The van der Waals surface area contributed by atoms with E-state index in [1.807, 2.05) is 0 Å². The van der Waals surface area contributed by atoms with Crippen LogP contribution in [0.15, 0.2) is 29.2 Å². The molecule has 1 aromatic carbocycles. The van der Waals surface area contributed by atoms with Crippen molar-refractivity contribution >= 4 is 17.9 Å². The second-order valence-electron chi connectivity index (χ2n) is 7.33. The summed E-state index contributed by atoms with van der Waals surface area (Å²) in [4.78, 5) is 40.9. The number of aryl methyl sites for hydroxylation is 1. The number of halogens is 4. The van der Waals surface area contributed by atoms with Gasteiger partial charge < -0.3 is 14.8 Å². The van der Waals surface area contributed by atoms with Gasteiger partial charge in [0.25, 0.3) is 12.3 Å². The minimum atomic E-state index is -3.29. The van der Waals surface area contributed by atoms with E-state index >= 15 is 4.39 Å². The van der Waals surface area contributed by atoms with Crippen LogP contribution in [-0.4, -0.2) is 57.8 Å². The Morgan fingerprint density at radius 2 is 2.03 bits per heavy atom. The van der Waals surface area contributed by atoms with Crippen molar-refractivity contribution in [3.63, 3.8) is 0 Å². The van der Waals surface area contributed by atoms with Crippen LogP contribution in [0.4, 0.5) is 23.2 Å². The van der Waals surface area contributed by atoms with Gasteiger partial charge in [-0.3, -0.25) is 14.2 Å². The van der Waals surface area contributed by atoms with Crippen molar-refractivity contribution in [2.24, 2.45) is 0 Å². The van der Waals surface area contributed by atoms with Crippen molar-refractivity contribution < 1.29 is 36.6 Å². The summed E-state index contributed by atoms with van der Waals surface area (Å²) in [6, 6.07) is 2.93. The minimum absolute atomic E-state index is 0.0233. The van der Waals surface area contributed by atoms with Crippen LogP contribution in [0.3, 0.4) is 0 Å². The molecule has 0 saturated carbocycles. The van der Waals surface area contributed by atoms with Gasteiger partial charge in [-0.15, -0.1) is 5.10 Å². The average molecular weight is 511 g/mol. The highest BCUT2D eigenvalue weighted by molar-refractivity contribution is 6.07. The minimum Gasteiger partial charge on any atom is -0.481 e. The van der Waals surface area contributed by atoms with E-state index < -0.39 is 53.6 Å². The van der Waals surface area contributed by atoms with Crippen molar-refractivity contribution in [2.45, 2.75) is 32.9 Å². The zero-order valence-electron chi connectivity index (χ0n) is 19.3. The molecule has 14 heteroatoms. The Morgan fingerprint density at radius 3 is 2.58 bits per heavy atom. The first-order valence-corrected chi connectivity index (χ1v) is 10.5. The van der Waals surface area contributed by atoms with Crippen molar-refractivity contribution in [2.75, 3.05) is 19.1 Å². The van der Waals surface area contributed by atoms with Crippen LogP contribution in [0.1, 0.15) is 33.5 Å². The number of methoxy groups -OCH3 is 1. The van der Waals surface area contributed by atoms with E-state index in [2.05, 4.69) is 15.4 Å². The topological polar surface area (TPSA) is 117 Å². The van der Waals surface area contributed by atoms with E-state index in [-0.39, 0.29) is 30.2 Å². The maximum atomic E-state index is 15.2. The lowest BCUT2D eigenvalue weighted by molar-refractivity contribution is -0.00159. The Labute approximate surface area is 201 Å². The molecule has 0 aliphatic heterocycles. The van der Waals surface area contributed by atoms with Gasteiger partial charge in [-0.2, -0.15) is 4.68 Å². The molecule has 10 nitrogen and oxygen atoms in total. The molecule has 2 heterocycles. The monoisotopic (exact) mass is 511 g/mol. The quantitative estimate of drug-likeness (QED) is 0.329. The van der Waals surface area contributed by atoms with E-state index in [1.54, 1.807) is 19.9 Å². The van der Waals surface area contributed by atoms with E-state index in [1.165, 1.54) is 13.3 Å². The summed E-state index contributed by atoms with van der Waals surface area (Å²) < 4.78 is 66.5. The number of nitrogens with one attached hydrogen (secondary N) is 1. The van der Waals surface area contributed by atoms with E-state index in [4.69, 9.17) is 9.47 Å². The van der Waals surface area contributed by atoms with Gasteiger partial charge in [-0.05, 0) is 31.5 Å². The number of carbonyl (C=O) groups excluding carboxylic acids is 2. The van der Waals surface area contributed by atoms with Crippen LogP contribution in [0.2, 0.25) is 0 Å². The maximum Gasteiger partial charge on any atom is 0.351 e. The van der Waals surface area contributed by atoms with E-state index in [0.717, 1.165) is 10.6 Å². The lowest BCUT2D eigenvalue weighted by Crippen LogP contribution is -2.29. The number of aromatic nitrogens is 4. The molecule has 192 valence electrons. The lowest BCUT2D eigenvalue weighted by Gasteiger charge is -2.19. The van der Waals surface area contributed by atoms with Gasteiger partial charge in [-0.1, -0.05) is 0 Å². The molecule has 3 aromatic rings. The Morgan fingerprint density at radius 1 is 1.31 bits per heavy atom. The van der Waals surface area contributed by atoms with Crippen molar-refractivity contribution in [3.05, 3.63) is 57.6 Å². The summed E-state index contributed by atoms with van der Waals surface area (Å²) in [5.74, 6) is -3.14. The van der Waals surface area contributed by atoms with Gasteiger partial charge >= 0.3 is 5.69 Å². The van der Waals surface area contributed by atoms with E-state index in [9.17, 15) is 27.6 Å². The van der Waals surface area contributed by atoms with Crippen molar-refractivity contribution in [1.29, 1.82) is 0 Å². The molecular formula is C22H21F4N5O5. The fourth-order valence-corrected chi connectivity index (χ4v) is 3.27. The van der Waals surface area contributed by atoms with Crippen molar-refractivity contribution in [3.8, 4) is 17.3 Å². The van der Waals surface area contributed by atoms with Gasteiger partial charge in [0, 0.05) is 18.8 Å². The molecule has 0 unspecified atom stereocenters. The Balaban J connectivity index is 2.17. The molecule has 0 aliphatic rings. The summed E-state index contributed by atoms with van der Waals surface area (Å²) in [6.45, 7) is 1.57. The summed E-state index contributed by atoms with van der Waals surface area (Å²) in [6.07, 6.45) is -3.89. The molecule has 0 fully saturated rings. The number of rotatable bonds is 10. The Hall–Kier alpha value is -4.23. The highest BCUT2D eigenvalue weighted by Crippen LogP contribution is 2.30. The SMILES string of the molecule is CCn1c(C=O)nn(-c2cc(O[C@@H](CF)C(F)F)c(C(=O)Nc3c(C)ccnc3OC)cc2F)c1=O. The van der Waals surface area contributed by atoms with Crippen LogP contribution in [0, 0.1) is 12.7 Å². The van der Waals surface area contributed by atoms with Gasteiger partial charge in [-0.25, -0.2) is 27.3 Å². The number of aldehydes is 1. The van der Waals surface area contributed by atoms with Crippen LogP contribution in [0.5, 0.6) is 11.6 Å². The molecule has 0 bridgehead atoms. The molecule has 0 spiro atoms. The fraction of sp³-hybridized carbons (Fsp3) is 0.318. The van der Waals surface area contributed by atoms with Gasteiger partial charge in [0.05, 0.1) is 12.7 Å². The molecule has 0 radical (unpaired) electrons. The van der Waals surface area contributed by atoms with Crippen LogP contribution < -0.4 is 20.5 Å². The van der Waals surface area contributed by atoms with E-state index in [0.29, 0.717) is 16.3 Å². The smallest absolute Gasteiger partial charge is 0.351 e. The molecular weight excluding hydrogens is 490 g/mol.